The fraction of sp³-hybridized carbons (Fsp3) is 0.167. The standard InChI is InChI=1S/C24H17ClN2O5S/c1-3-31-23(30)21-12(2)26-24(33-21)27-18(13-7-6-8-14(25)11-13)17-19(28)15-9-4-5-10-16(15)32-20(17)22(27)29/h4-11,18H,3H2,1-2H3. The van der Waals surface area contributed by atoms with Crippen molar-refractivity contribution in [2.45, 2.75) is 19.9 Å². The third-order valence-electron chi connectivity index (χ3n) is 5.39. The molecule has 33 heavy (non-hydrogen) atoms. The van der Waals surface area contributed by atoms with E-state index in [1.54, 1.807) is 62.4 Å². The minimum atomic E-state index is -0.812. The van der Waals surface area contributed by atoms with Crippen molar-refractivity contribution in [1.82, 2.24) is 4.98 Å². The maximum absolute atomic E-state index is 13.6. The molecule has 1 amide bonds. The van der Waals surface area contributed by atoms with Gasteiger partial charge in [-0.1, -0.05) is 47.2 Å². The molecule has 9 heteroatoms. The second kappa shape index (κ2) is 8.13. The molecule has 7 nitrogen and oxygen atoms in total. The lowest BCUT2D eigenvalue weighted by Crippen LogP contribution is -2.29. The lowest BCUT2D eigenvalue weighted by Gasteiger charge is -2.22. The van der Waals surface area contributed by atoms with Crippen molar-refractivity contribution in [1.29, 1.82) is 0 Å². The predicted octanol–water partition coefficient (Wildman–Crippen LogP) is 5.14. The number of amides is 1. The quantitative estimate of drug-likeness (QED) is 0.376. The molecule has 1 atom stereocenters. The summed E-state index contributed by atoms with van der Waals surface area (Å²) in [4.78, 5) is 45.6. The maximum Gasteiger partial charge on any atom is 0.350 e. The number of nitrogens with zero attached hydrogens (tertiary/aromatic N) is 2. The minimum Gasteiger partial charge on any atom is -0.462 e. The Morgan fingerprint density at radius 1 is 1.21 bits per heavy atom. The number of aryl methyl sites for hydroxylation is 1. The summed E-state index contributed by atoms with van der Waals surface area (Å²) in [5.41, 5.74) is 1.30. The van der Waals surface area contributed by atoms with Gasteiger partial charge in [-0.05, 0) is 43.7 Å². The summed E-state index contributed by atoms with van der Waals surface area (Å²) < 4.78 is 11.0. The average molecular weight is 481 g/mol. The van der Waals surface area contributed by atoms with Crippen LogP contribution in [-0.2, 0) is 4.74 Å². The number of benzene rings is 2. The molecule has 0 N–H and O–H groups in total. The van der Waals surface area contributed by atoms with Gasteiger partial charge in [0.2, 0.25) is 5.76 Å². The molecule has 1 aliphatic heterocycles. The summed E-state index contributed by atoms with van der Waals surface area (Å²) in [6.45, 7) is 3.61. The Bertz CT molecular complexity index is 1490. The first-order chi connectivity index (χ1) is 15.9. The zero-order valence-corrected chi connectivity index (χ0v) is 19.2. The summed E-state index contributed by atoms with van der Waals surface area (Å²) in [7, 11) is 0. The van der Waals surface area contributed by atoms with Gasteiger partial charge >= 0.3 is 5.97 Å². The molecule has 0 spiro atoms. The van der Waals surface area contributed by atoms with Crippen LogP contribution in [0.3, 0.4) is 0 Å². The van der Waals surface area contributed by atoms with Crippen LogP contribution in [0.4, 0.5) is 5.13 Å². The van der Waals surface area contributed by atoms with Crippen molar-refractivity contribution in [3.05, 3.63) is 91.2 Å². The topological polar surface area (TPSA) is 89.7 Å². The van der Waals surface area contributed by atoms with E-state index in [2.05, 4.69) is 4.98 Å². The molecular formula is C24H17ClN2O5S. The van der Waals surface area contributed by atoms with Crippen LogP contribution in [0, 0.1) is 6.92 Å². The van der Waals surface area contributed by atoms with Gasteiger partial charge in [0.25, 0.3) is 5.91 Å². The van der Waals surface area contributed by atoms with Crippen molar-refractivity contribution in [3.63, 3.8) is 0 Å². The summed E-state index contributed by atoms with van der Waals surface area (Å²) in [6, 6.07) is 12.9. The second-order valence-electron chi connectivity index (χ2n) is 7.43. The highest BCUT2D eigenvalue weighted by Gasteiger charge is 2.45. The molecule has 0 saturated carbocycles. The number of halogens is 1. The number of carbonyl (C=O) groups excluding carboxylic acids is 2. The van der Waals surface area contributed by atoms with E-state index in [9.17, 15) is 14.4 Å². The Labute approximate surface area is 197 Å². The van der Waals surface area contributed by atoms with Gasteiger partial charge in [-0.15, -0.1) is 0 Å². The first-order valence-corrected chi connectivity index (χ1v) is 11.4. The van der Waals surface area contributed by atoms with Crippen LogP contribution in [0.1, 0.15) is 50.0 Å². The Hall–Kier alpha value is -3.49. The van der Waals surface area contributed by atoms with Gasteiger partial charge in [0.05, 0.1) is 29.3 Å². The SMILES string of the molecule is CCOC(=O)c1sc(N2C(=O)c3oc4ccccc4c(=O)c3C2c2cccc(Cl)c2)nc1C. The molecule has 5 rings (SSSR count). The second-order valence-corrected chi connectivity index (χ2v) is 8.85. The van der Waals surface area contributed by atoms with Crippen molar-refractivity contribution >= 4 is 50.9 Å². The molecule has 1 unspecified atom stereocenters. The zero-order valence-electron chi connectivity index (χ0n) is 17.6. The Kier molecular flexibility index (Phi) is 5.26. The van der Waals surface area contributed by atoms with Crippen LogP contribution < -0.4 is 10.3 Å². The number of para-hydroxylation sites is 1. The van der Waals surface area contributed by atoms with E-state index in [-0.39, 0.29) is 28.5 Å². The van der Waals surface area contributed by atoms with E-state index in [0.29, 0.717) is 32.1 Å². The normalized spacial score (nSPS) is 15.2. The van der Waals surface area contributed by atoms with Gasteiger partial charge in [-0.25, -0.2) is 9.78 Å². The fourth-order valence-electron chi connectivity index (χ4n) is 3.98. The number of rotatable bonds is 4. The Morgan fingerprint density at radius 2 is 2.00 bits per heavy atom. The number of ether oxygens (including phenoxy) is 1. The van der Waals surface area contributed by atoms with E-state index >= 15 is 0 Å². The molecule has 0 saturated heterocycles. The third-order valence-corrected chi connectivity index (χ3v) is 6.77. The first-order valence-electron chi connectivity index (χ1n) is 10.2. The van der Waals surface area contributed by atoms with Gasteiger partial charge < -0.3 is 9.15 Å². The molecule has 1 aliphatic rings. The number of esters is 1. The van der Waals surface area contributed by atoms with Gasteiger partial charge in [-0.3, -0.25) is 14.5 Å². The van der Waals surface area contributed by atoms with Crippen LogP contribution in [0.2, 0.25) is 5.02 Å². The number of anilines is 1. The molecule has 3 heterocycles. The molecule has 0 fully saturated rings. The van der Waals surface area contributed by atoms with Gasteiger partial charge in [0.1, 0.15) is 10.5 Å². The molecule has 2 aromatic carbocycles. The molecular weight excluding hydrogens is 464 g/mol. The van der Waals surface area contributed by atoms with Crippen LogP contribution in [-0.4, -0.2) is 23.5 Å². The maximum atomic E-state index is 13.6. The predicted molar refractivity (Wildman–Crippen MR) is 125 cm³/mol. The average Bonchev–Trinajstić information content (AvgIpc) is 3.32. The van der Waals surface area contributed by atoms with Gasteiger partial charge in [0, 0.05) is 5.02 Å². The summed E-state index contributed by atoms with van der Waals surface area (Å²) >= 11 is 7.28. The molecule has 166 valence electrons. The van der Waals surface area contributed by atoms with E-state index in [4.69, 9.17) is 20.8 Å². The monoisotopic (exact) mass is 480 g/mol. The third kappa shape index (κ3) is 3.42. The highest BCUT2D eigenvalue weighted by Crippen LogP contribution is 2.43. The fourth-order valence-corrected chi connectivity index (χ4v) is 5.17. The number of thiazole rings is 1. The highest BCUT2D eigenvalue weighted by molar-refractivity contribution is 7.17. The lowest BCUT2D eigenvalue weighted by molar-refractivity contribution is 0.0531. The molecule has 0 aliphatic carbocycles. The highest BCUT2D eigenvalue weighted by atomic mass is 35.5. The van der Waals surface area contributed by atoms with Crippen LogP contribution >= 0.6 is 22.9 Å². The summed E-state index contributed by atoms with van der Waals surface area (Å²) in [5, 5.41) is 1.10. The Balaban J connectivity index is 1.75. The van der Waals surface area contributed by atoms with E-state index < -0.39 is 17.9 Å². The van der Waals surface area contributed by atoms with Crippen LogP contribution in [0.15, 0.2) is 57.7 Å². The number of fused-ring (bicyclic) bond motifs is 2. The number of aromatic nitrogens is 1. The lowest BCUT2D eigenvalue weighted by atomic mass is 9.99. The van der Waals surface area contributed by atoms with Gasteiger partial charge in [0.15, 0.2) is 10.6 Å². The zero-order chi connectivity index (χ0) is 23.3. The molecule has 0 radical (unpaired) electrons. The van der Waals surface area contributed by atoms with Crippen molar-refractivity contribution in [2.75, 3.05) is 11.5 Å². The van der Waals surface area contributed by atoms with Crippen LogP contribution in [0.5, 0.6) is 0 Å². The van der Waals surface area contributed by atoms with Crippen molar-refractivity contribution < 1.29 is 18.7 Å². The Morgan fingerprint density at radius 3 is 2.76 bits per heavy atom. The van der Waals surface area contributed by atoms with Crippen molar-refractivity contribution in [3.8, 4) is 0 Å². The largest absolute Gasteiger partial charge is 0.462 e. The van der Waals surface area contributed by atoms with E-state index in [0.717, 1.165) is 11.3 Å². The number of carbonyl (C=O) groups is 2. The smallest absolute Gasteiger partial charge is 0.350 e. The molecule has 4 aromatic rings. The van der Waals surface area contributed by atoms with Gasteiger partial charge in [-0.2, -0.15) is 0 Å². The van der Waals surface area contributed by atoms with Crippen LogP contribution in [0.25, 0.3) is 11.0 Å². The van der Waals surface area contributed by atoms with Crippen molar-refractivity contribution in [2.24, 2.45) is 0 Å². The first kappa shape index (κ1) is 21.4. The molecule has 2 aromatic heterocycles. The van der Waals surface area contributed by atoms with E-state index in [1.807, 2.05) is 0 Å². The summed E-state index contributed by atoms with van der Waals surface area (Å²) in [6.07, 6.45) is 0. The van der Waals surface area contributed by atoms with E-state index in [1.165, 1.54) is 4.90 Å². The summed E-state index contributed by atoms with van der Waals surface area (Å²) in [5.74, 6) is -1.07. The minimum absolute atomic E-state index is 0.0470. The molecule has 0 bridgehead atoms. The number of hydrogen-bond donors (Lipinski definition) is 0. The number of hydrogen-bond acceptors (Lipinski definition) is 7.